The van der Waals surface area contributed by atoms with E-state index in [0.717, 1.165) is 15.4 Å². The van der Waals surface area contributed by atoms with Crippen molar-refractivity contribution in [3.05, 3.63) is 76.8 Å². The summed E-state index contributed by atoms with van der Waals surface area (Å²) in [4.78, 5) is 12.9. The van der Waals surface area contributed by atoms with Crippen LogP contribution in [0.25, 0.3) is 0 Å². The van der Waals surface area contributed by atoms with Crippen molar-refractivity contribution in [2.24, 2.45) is 0 Å². The Bertz CT molecular complexity index is 1260. The lowest BCUT2D eigenvalue weighted by atomic mass is 10.2. The molecule has 0 heterocycles. The maximum atomic E-state index is 13.7. The molecule has 0 aliphatic carbocycles. The molecule has 33 heavy (non-hydrogen) atoms. The van der Waals surface area contributed by atoms with Gasteiger partial charge in [0.15, 0.2) is 0 Å². The van der Waals surface area contributed by atoms with Gasteiger partial charge in [-0.3, -0.25) is 9.10 Å². The largest absolute Gasteiger partial charge is 0.497 e. The van der Waals surface area contributed by atoms with Crippen LogP contribution in [-0.4, -0.2) is 35.1 Å². The van der Waals surface area contributed by atoms with E-state index in [4.69, 9.17) is 21.1 Å². The Balaban J connectivity index is 2.03. The molecule has 174 valence electrons. The Kier molecular flexibility index (Phi) is 7.50. The third-order valence-electron chi connectivity index (χ3n) is 5.01. The first kappa shape index (κ1) is 24.4. The van der Waals surface area contributed by atoms with Gasteiger partial charge in [0.1, 0.15) is 22.9 Å². The molecule has 0 aliphatic heterocycles. The fourth-order valence-corrected chi connectivity index (χ4v) is 5.05. The van der Waals surface area contributed by atoms with E-state index in [-0.39, 0.29) is 10.6 Å². The maximum absolute atomic E-state index is 13.7. The smallest absolute Gasteiger partial charge is 0.268 e. The second kappa shape index (κ2) is 10.1. The van der Waals surface area contributed by atoms with Crippen LogP contribution < -0.4 is 19.1 Å². The number of carbonyl (C=O) groups excluding carboxylic acids is 1. The molecule has 3 aromatic rings. The minimum Gasteiger partial charge on any atom is -0.497 e. The SMILES string of the molecule is COc1ccc(N(CC(=O)Nc2cc(Cl)ccc2C)S(=O)(=O)c2cc(C)ccc2OC)cc1. The average Bonchev–Trinajstić information content (AvgIpc) is 2.80. The minimum absolute atomic E-state index is 0.0347. The lowest BCUT2D eigenvalue weighted by Gasteiger charge is -2.25. The van der Waals surface area contributed by atoms with E-state index in [0.29, 0.717) is 22.1 Å². The summed E-state index contributed by atoms with van der Waals surface area (Å²) in [5.74, 6) is 0.222. The summed E-state index contributed by atoms with van der Waals surface area (Å²) in [5, 5.41) is 3.21. The van der Waals surface area contributed by atoms with Gasteiger partial charge in [-0.25, -0.2) is 8.42 Å². The highest BCUT2D eigenvalue weighted by Gasteiger charge is 2.30. The number of hydrogen-bond donors (Lipinski definition) is 1. The van der Waals surface area contributed by atoms with Gasteiger partial charge in [0.05, 0.1) is 19.9 Å². The van der Waals surface area contributed by atoms with E-state index in [9.17, 15) is 13.2 Å². The molecule has 0 spiro atoms. The number of aryl methyl sites for hydroxylation is 2. The maximum Gasteiger partial charge on any atom is 0.268 e. The molecule has 0 saturated carbocycles. The van der Waals surface area contributed by atoms with Gasteiger partial charge in [-0.2, -0.15) is 0 Å². The lowest BCUT2D eigenvalue weighted by Crippen LogP contribution is -2.38. The van der Waals surface area contributed by atoms with Crippen LogP contribution in [-0.2, 0) is 14.8 Å². The summed E-state index contributed by atoms with van der Waals surface area (Å²) >= 11 is 6.05. The zero-order valence-corrected chi connectivity index (χ0v) is 20.3. The second-order valence-corrected chi connectivity index (χ2v) is 9.64. The topological polar surface area (TPSA) is 84.9 Å². The van der Waals surface area contributed by atoms with Gasteiger partial charge in [-0.05, 0) is 73.5 Å². The van der Waals surface area contributed by atoms with E-state index < -0.39 is 22.5 Å². The quantitative estimate of drug-likeness (QED) is 0.492. The average molecular weight is 489 g/mol. The molecule has 3 rings (SSSR count). The molecule has 7 nitrogen and oxygen atoms in total. The molecular weight excluding hydrogens is 464 g/mol. The standard InChI is InChI=1S/C24H25ClN2O5S/c1-16-5-12-22(32-4)23(13-16)33(29,30)27(19-8-10-20(31-3)11-9-19)15-24(28)26-21-14-18(25)7-6-17(21)2/h5-14H,15H2,1-4H3,(H,26,28). The first-order valence-corrected chi connectivity index (χ1v) is 11.8. The number of methoxy groups -OCH3 is 2. The molecule has 1 amide bonds. The van der Waals surface area contributed by atoms with Gasteiger partial charge in [0.2, 0.25) is 5.91 Å². The molecular formula is C24H25ClN2O5S. The van der Waals surface area contributed by atoms with Crippen molar-refractivity contribution in [1.82, 2.24) is 0 Å². The van der Waals surface area contributed by atoms with Crippen LogP contribution >= 0.6 is 11.6 Å². The first-order chi connectivity index (χ1) is 15.6. The van der Waals surface area contributed by atoms with E-state index >= 15 is 0 Å². The van der Waals surface area contributed by atoms with Crippen LogP contribution in [0.2, 0.25) is 5.02 Å². The number of halogens is 1. The Morgan fingerprint density at radius 3 is 2.30 bits per heavy atom. The Hall–Kier alpha value is -3.23. The predicted octanol–water partition coefficient (Wildman–Crippen LogP) is 4.81. The Morgan fingerprint density at radius 2 is 1.67 bits per heavy atom. The number of nitrogens with one attached hydrogen (secondary N) is 1. The molecule has 0 aromatic heterocycles. The molecule has 0 unspecified atom stereocenters. The molecule has 9 heteroatoms. The van der Waals surface area contributed by atoms with Gasteiger partial charge in [-0.1, -0.05) is 23.7 Å². The number of anilines is 2. The molecule has 0 fully saturated rings. The summed E-state index contributed by atoms with van der Waals surface area (Å²) in [6.45, 7) is 3.14. The second-order valence-electron chi connectivity index (χ2n) is 7.37. The number of rotatable bonds is 8. The van der Waals surface area contributed by atoms with Crippen molar-refractivity contribution in [3.63, 3.8) is 0 Å². The van der Waals surface area contributed by atoms with Crippen molar-refractivity contribution in [3.8, 4) is 11.5 Å². The van der Waals surface area contributed by atoms with Gasteiger partial charge in [-0.15, -0.1) is 0 Å². The summed E-state index contributed by atoms with van der Waals surface area (Å²) in [7, 11) is -1.25. The minimum atomic E-state index is -4.16. The molecule has 3 aromatic carbocycles. The number of amides is 1. The molecule has 0 aliphatic rings. The molecule has 0 bridgehead atoms. The third-order valence-corrected chi connectivity index (χ3v) is 7.04. The van der Waals surface area contributed by atoms with Crippen molar-refractivity contribution < 1.29 is 22.7 Å². The van der Waals surface area contributed by atoms with Gasteiger partial charge < -0.3 is 14.8 Å². The van der Waals surface area contributed by atoms with Gasteiger partial charge in [0, 0.05) is 10.7 Å². The van der Waals surface area contributed by atoms with Crippen LogP contribution in [0.1, 0.15) is 11.1 Å². The number of ether oxygens (including phenoxy) is 2. The number of hydrogen-bond acceptors (Lipinski definition) is 5. The normalized spacial score (nSPS) is 11.1. The van der Waals surface area contributed by atoms with Crippen LogP contribution in [0.15, 0.2) is 65.6 Å². The molecule has 1 N–H and O–H groups in total. The molecule has 0 atom stereocenters. The zero-order chi connectivity index (χ0) is 24.2. The molecule has 0 saturated heterocycles. The van der Waals surface area contributed by atoms with Crippen LogP contribution in [0.3, 0.4) is 0 Å². The fraction of sp³-hybridized carbons (Fsp3) is 0.208. The Labute approximate surface area is 198 Å². The van der Waals surface area contributed by atoms with Crippen molar-refractivity contribution in [2.45, 2.75) is 18.7 Å². The van der Waals surface area contributed by atoms with E-state index in [1.165, 1.54) is 20.3 Å². The third kappa shape index (κ3) is 5.58. The van der Waals surface area contributed by atoms with Crippen molar-refractivity contribution in [2.75, 3.05) is 30.4 Å². The monoisotopic (exact) mass is 488 g/mol. The van der Waals surface area contributed by atoms with Crippen LogP contribution in [0, 0.1) is 13.8 Å². The Morgan fingerprint density at radius 1 is 0.970 bits per heavy atom. The van der Waals surface area contributed by atoms with E-state index in [1.807, 2.05) is 6.92 Å². The van der Waals surface area contributed by atoms with Crippen molar-refractivity contribution >= 4 is 38.9 Å². The van der Waals surface area contributed by atoms with Crippen LogP contribution in [0.5, 0.6) is 11.5 Å². The van der Waals surface area contributed by atoms with Crippen molar-refractivity contribution in [1.29, 1.82) is 0 Å². The number of nitrogens with zero attached hydrogens (tertiary/aromatic N) is 1. The number of carbonyl (C=O) groups is 1. The summed E-state index contributed by atoms with van der Waals surface area (Å²) < 4.78 is 39.0. The molecule has 0 radical (unpaired) electrons. The van der Waals surface area contributed by atoms with Gasteiger partial charge in [0.25, 0.3) is 10.0 Å². The van der Waals surface area contributed by atoms with Gasteiger partial charge >= 0.3 is 0 Å². The highest BCUT2D eigenvalue weighted by atomic mass is 35.5. The van der Waals surface area contributed by atoms with E-state index in [2.05, 4.69) is 5.32 Å². The number of benzene rings is 3. The fourth-order valence-electron chi connectivity index (χ4n) is 3.22. The summed E-state index contributed by atoms with van der Waals surface area (Å²) in [6.07, 6.45) is 0. The predicted molar refractivity (Wildman–Crippen MR) is 130 cm³/mol. The highest BCUT2D eigenvalue weighted by Crippen LogP contribution is 2.32. The zero-order valence-electron chi connectivity index (χ0n) is 18.8. The highest BCUT2D eigenvalue weighted by molar-refractivity contribution is 7.93. The summed E-state index contributed by atoms with van der Waals surface area (Å²) in [5.41, 5.74) is 2.35. The number of sulfonamides is 1. The first-order valence-electron chi connectivity index (χ1n) is 10.0. The summed E-state index contributed by atoms with van der Waals surface area (Å²) in [6, 6.07) is 16.4. The van der Waals surface area contributed by atoms with Crippen LogP contribution in [0.4, 0.5) is 11.4 Å². The lowest BCUT2D eigenvalue weighted by molar-refractivity contribution is -0.114. The van der Waals surface area contributed by atoms with E-state index in [1.54, 1.807) is 61.5 Å².